The highest BCUT2D eigenvalue weighted by Crippen LogP contribution is 2.37. The summed E-state index contributed by atoms with van der Waals surface area (Å²) in [4.78, 5) is 22.6. The highest BCUT2D eigenvalue weighted by Gasteiger charge is 2.25. The quantitative estimate of drug-likeness (QED) is 0.297. The second-order valence-electron chi connectivity index (χ2n) is 8.28. The molecule has 7 heteroatoms. The second kappa shape index (κ2) is 10.7. The van der Waals surface area contributed by atoms with Crippen LogP contribution in [0.5, 0.6) is 17.2 Å². The van der Waals surface area contributed by atoms with Crippen LogP contribution in [0, 0.1) is 6.92 Å². The van der Waals surface area contributed by atoms with Gasteiger partial charge in [-0.05, 0) is 69.9 Å². The highest BCUT2D eigenvalue weighted by molar-refractivity contribution is 7.22. The summed E-state index contributed by atoms with van der Waals surface area (Å²) >= 11 is 1.51. The van der Waals surface area contributed by atoms with Gasteiger partial charge >= 0.3 is 0 Å². The van der Waals surface area contributed by atoms with Crippen molar-refractivity contribution in [3.8, 4) is 17.2 Å². The molecule has 4 aromatic rings. The summed E-state index contributed by atoms with van der Waals surface area (Å²) in [5.74, 6) is 1.77. The van der Waals surface area contributed by atoms with Gasteiger partial charge in [0.2, 0.25) is 0 Å². The summed E-state index contributed by atoms with van der Waals surface area (Å²) in [7, 11) is 5.70. The van der Waals surface area contributed by atoms with E-state index < -0.39 is 0 Å². The first kappa shape index (κ1) is 23.7. The van der Waals surface area contributed by atoms with Crippen molar-refractivity contribution in [2.75, 3.05) is 39.2 Å². The molecule has 0 spiro atoms. The van der Waals surface area contributed by atoms with E-state index in [1.54, 1.807) is 18.1 Å². The Labute approximate surface area is 204 Å². The number of methoxy groups -OCH3 is 1. The molecule has 0 unspecified atom stereocenters. The zero-order valence-electron chi connectivity index (χ0n) is 19.9. The Morgan fingerprint density at radius 2 is 1.68 bits per heavy atom. The van der Waals surface area contributed by atoms with E-state index in [0.717, 1.165) is 28.7 Å². The molecule has 0 saturated carbocycles. The third-order valence-electron chi connectivity index (χ3n) is 5.46. The summed E-state index contributed by atoms with van der Waals surface area (Å²) in [6.45, 7) is 3.45. The van der Waals surface area contributed by atoms with Gasteiger partial charge in [-0.15, -0.1) is 0 Å². The molecule has 34 heavy (non-hydrogen) atoms. The number of ether oxygens (including phenoxy) is 2. The molecule has 0 fully saturated rings. The molecule has 0 saturated heterocycles. The van der Waals surface area contributed by atoms with Crippen LogP contribution in [0.25, 0.3) is 10.2 Å². The molecule has 4 rings (SSSR count). The molecule has 1 heterocycles. The zero-order chi connectivity index (χ0) is 24.1. The summed E-state index contributed by atoms with van der Waals surface area (Å²) < 4.78 is 12.6. The van der Waals surface area contributed by atoms with Crippen LogP contribution in [0.4, 0.5) is 5.13 Å². The molecule has 0 radical (unpaired) electrons. The normalized spacial score (nSPS) is 11.1. The number of thiazole rings is 1. The third-order valence-corrected chi connectivity index (χ3v) is 6.68. The van der Waals surface area contributed by atoms with E-state index in [0.29, 0.717) is 34.5 Å². The number of fused-ring (bicyclic) bond motifs is 1. The number of aryl methyl sites for hydroxylation is 1. The Hall–Kier alpha value is -3.42. The summed E-state index contributed by atoms with van der Waals surface area (Å²) in [5.41, 5.74) is 2.38. The number of benzene rings is 3. The second-order valence-corrected chi connectivity index (χ2v) is 9.26. The first-order chi connectivity index (χ1) is 16.5. The van der Waals surface area contributed by atoms with Crippen LogP contribution in [0.15, 0.2) is 66.7 Å². The molecular formula is C27H29N3O3S. The van der Waals surface area contributed by atoms with Crippen LogP contribution in [0.3, 0.4) is 0 Å². The third kappa shape index (κ3) is 5.21. The molecule has 0 atom stereocenters. The molecule has 6 nitrogen and oxygen atoms in total. The lowest BCUT2D eigenvalue weighted by atomic mass is 10.1. The Bertz CT molecular complexity index is 1270. The van der Waals surface area contributed by atoms with Gasteiger partial charge in [-0.3, -0.25) is 9.69 Å². The molecule has 0 aliphatic heterocycles. The van der Waals surface area contributed by atoms with Crippen molar-refractivity contribution in [2.24, 2.45) is 0 Å². The number of para-hydroxylation sites is 2. The number of amides is 1. The van der Waals surface area contributed by atoms with Gasteiger partial charge in [-0.2, -0.15) is 0 Å². The van der Waals surface area contributed by atoms with Gasteiger partial charge in [0.05, 0.1) is 17.4 Å². The molecule has 0 aliphatic rings. The maximum atomic E-state index is 13.9. The SMILES string of the molecule is COc1ccc(C)c2sc(N(CCCN(C)C)C(=O)c3ccccc3Oc3ccccc3)nc12. The number of carbonyl (C=O) groups excluding carboxylic acids is 1. The number of hydrogen-bond donors (Lipinski definition) is 0. The lowest BCUT2D eigenvalue weighted by molar-refractivity contribution is 0.0984. The highest BCUT2D eigenvalue weighted by atomic mass is 32.1. The number of rotatable bonds is 9. The van der Waals surface area contributed by atoms with Crippen molar-refractivity contribution >= 4 is 32.6 Å². The smallest absolute Gasteiger partial charge is 0.263 e. The Kier molecular flexibility index (Phi) is 7.45. The molecule has 176 valence electrons. The van der Waals surface area contributed by atoms with Gasteiger partial charge in [0.15, 0.2) is 5.13 Å². The number of carbonyl (C=O) groups is 1. The monoisotopic (exact) mass is 475 g/mol. The van der Waals surface area contributed by atoms with Crippen molar-refractivity contribution in [1.82, 2.24) is 9.88 Å². The van der Waals surface area contributed by atoms with E-state index in [4.69, 9.17) is 14.5 Å². The standard InChI is InChI=1S/C27H29N3O3S/c1-19-15-16-23(32-4)24-25(19)34-27(28-24)30(18-10-17-29(2)3)26(31)21-13-8-9-14-22(21)33-20-11-6-5-7-12-20/h5-9,11-16H,10,17-18H2,1-4H3. The van der Waals surface area contributed by atoms with Gasteiger partial charge in [0.1, 0.15) is 22.8 Å². The first-order valence-corrected chi connectivity index (χ1v) is 12.0. The maximum absolute atomic E-state index is 13.9. The Morgan fingerprint density at radius 3 is 2.41 bits per heavy atom. The van der Waals surface area contributed by atoms with E-state index in [1.165, 1.54) is 11.3 Å². The van der Waals surface area contributed by atoms with Gasteiger partial charge in [0.25, 0.3) is 5.91 Å². The summed E-state index contributed by atoms with van der Waals surface area (Å²) in [6.07, 6.45) is 0.812. The van der Waals surface area contributed by atoms with E-state index in [2.05, 4.69) is 4.90 Å². The van der Waals surface area contributed by atoms with E-state index in [9.17, 15) is 4.79 Å². The fourth-order valence-electron chi connectivity index (χ4n) is 3.70. The molecule has 3 aromatic carbocycles. The van der Waals surface area contributed by atoms with Gasteiger partial charge in [-0.25, -0.2) is 4.98 Å². The van der Waals surface area contributed by atoms with Crippen molar-refractivity contribution < 1.29 is 14.3 Å². The van der Waals surface area contributed by atoms with Crippen molar-refractivity contribution in [2.45, 2.75) is 13.3 Å². The minimum Gasteiger partial charge on any atom is -0.494 e. The van der Waals surface area contributed by atoms with E-state index in [1.807, 2.05) is 81.7 Å². The topological polar surface area (TPSA) is 54.9 Å². The molecule has 1 amide bonds. The average Bonchev–Trinajstić information content (AvgIpc) is 3.29. The number of hydrogen-bond acceptors (Lipinski definition) is 6. The largest absolute Gasteiger partial charge is 0.494 e. The Balaban J connectivity index is 1.73. The lowest BCUT2D eigenvalue weighted by Gasteiger charge is -2.22. The van der Waals surface area contributed by atoms with Crippen LogP contribution in [-0.4, -0.2) is 50.1 Å². The van der Waals surface area contributed by atoms with Crippen LogP contribution >= 0.6 is 11.3 Å². The molecule has 0 aliphatic carbocycles. The average molecular weight is 476 g/mol. The van der Waals surface area contributed by atoms with Gasteiger partial charge < -0.3 is 14.4 Å². The number of anilines is 1. The molecule has 1 aromatic heterocycles. The van der Waals surface area contributed by atoms with Gasteiger partial charge in [-0.1, -0.05) is 47.7 Å². The maximum Gasteiger partial charge on any atom is 0.263 e. The predicted octanol–water partition coefficient (Wildman–Crippen LogP) is 6.00. The lowest BCUT2D eigenvalue weighted by Crippen LogP contribution is -2.33. The minimum atomic E-state index is -0.138. The fourth-order valence-corrected chi connectivity index (χ4v) is 4.78. The van der Waals surface area contributed by atoms with E-state index >= 15 is 0 Å². The van der Waals surface area contributed by atoms with Crippen molar-refractivity contribution in [3.63, 3.8) is 0 Å². The fraction of sp³-hybridized carbons (Fsp3) is 0.259. The van der Waals surface area contributed by atoms with Crippen molar-refractivity contribution in [1.29, 1.82) is 0 Å². The minimum absolute atomic E-state index is 0.138. The molecule has 0 N–H and O–H groups in total. The summed E-state index contributed by atoms with van der Waals surface area (Å²) in [5, 5.41) is 0.654. The van der Waals surface area contributed by atoms with Gasteiger partial charge in [0, 0.05) is 6.54 Å². The van der Waals surface area contributed by atoms with Crippen LogP contribution in [-0.2, 0) is 0 Å². The molecular weight excluding hydrogens is 446 g/mol. The zero-order valence-corrected chi connectivity index (χ0v) is 20.8. The van der Waals surface area contributed by atoms with Crippen molar-refractivity contribution in [3.05, 3.63) is 77.9 Å². The summed E-state index contributed by atoms with van der Waals surface area (Å²) in [6, 6.07) is 20.8. The number of nitrogens with zero attached hydrogens (tertiary/aromatic N) is 3. The number of aromatic nitrogens is 1. The van der Waals surface area contributed by atoms with E-state index in [-0.39, 0.29) is 5.91 Å². The first-order valence-electron chi connectivity index (χ1n) is 11.2. The van der Waals surface area contributed by atoms with Crippen LogP contribution in [0.2, 0.25) is 0 Å². The predicted molar refractivity (Wildman–Crippen MR) is 139 cm³/mol. The van der Waals surface area contributed by atoms with Crippen LogP contribution in [0.1, 0.15) is 22.3 Å². The van der Waals surface area contributed by atoms with Crippen LogP contribution < -0.4 is 14.4 Å². The Morgan fingerprint density at radius 1 is 0.941 bits per heavy atom. The molecule has 0 bridgehead atoms.